The third-order valence-electron chi connectivity index (χ3n) is 2.04. The molecule has 0 aromatic heterocycles. The lowest BCUT2D eigenvalue weighted by atomic mass is 11.0. The second kappa shape index (κ2) is 2.97. The van der Waals surface area contributed by atoms with Crippen LogP contribution in [0.1, 0.15) is 0 Å². The molecule has 2 fully saturated rings. The molecule has 1 N–H and O–H groups in total. The van der Waals surface area contributed by atoms with Gasteiger partial charge in [0.2, 0.25) is 0 Å². The Hall–Kier alpha value is -0.580. The fraction of sp³-hybridized carbons (Fsp3) is 0.833. The van der Waals surface area contributed by atoms with Crippen molar-refractivity contribution in [3.05, 3.63) is 0 Å². The number of nitrogens with one attached hydrogen (secondary N) is 1. The molecule has 2 rings (SSSR count). The molecule has 0 aromatic carbocycles. The van der Waals surface area contributed by atoms with E-state index in [-0.39, 0.29) is 0 Å². The van der Waals surface area contributed by atoms with Crippen LogP contribution in [0.4, 0.5) is 4.79 Å². The van der Waals surface area contributed by atoms with Crippen LogP contribution in [-0.2, 0) is 9.30 Å². The summed E-state index contributed by atoms with van der Waals surface area (Å²) < 4.78 is 20.1. The number of amides is 1. The first kappa shape index (κ1) is 8.99. The summed E-state index contributed by atoms with van der Waals surface area (Å²) in [5, 5.41) is 2.41. The Morgan fingerprint density at radius 2 is 1.77 bits per heavy atom. The summed E-state index contributed by atoms with van der Waals surface area (Å²) in [5.74, 6) is 0. The summed E-state index contributed by atoms with van der Waals surface area (Å²) in [6.45, 7) is 3.16. The largest absolute Gasteiger partial charge is 0.453 e. The third kappa shape index (κ3) is 1.70. The highest BCUT2D eigenvalue weighted by molar-refractivity contribution is 7.58. The van der Waals surface area contributed by atoms with Gasteiger partial charge in [-0.25, -0.2) is 19.2 Å². The number of nitrogens with zero attached hydrogens (tertiary/aromatic N) is 2. The molecule has 0 atom stereocenters. The van der Waals surface area contributed by atoms with E-state index in [2.05, 4.69) is 9.82 Å². The minimum atomic E-state index is -2.77. The second-order valence-electron chi connectivity index (χ2n) is 3.05. The summed E-state index contributed by atoms with van der Waals surface area (Å²) in [6.07, 6.45) is -0.623. The van der Waals surface area contributed by atoms with Crippen molar-refractivity contribution in [1.29, 1.82) is 0 Å². The SMILES string of the molecule is COC(=O)NP(=O)(N1CC1)N1CC1. The average molecular weight is 205 g/mol. The van der Waals surface area contributed by atoms with Crippen molar-refractivity contribution in [3.8, 4) is 0 Å². The van der Waals surface area contributed by atoms with Crippen LogP contribution in [0.5, 0.6) is 0 Å². The van der Waals surface area contributed by atoms with Gasteiger partial charge in [0.15, 0.2) is 0 Å². The second-order valence-corrected chi connectivity index (χ2v) is 5.50. The third-order valence-corrected chi connectivity index (χ3v) is 4.84. The molecule has 0 unspecified atom stereocenters. The molecule has 2 heterocycles. The Balaban J connectivity index is 2.04. The summed E-state index contributed by atoms with van der Waals surface area (Å²) >= 11 is 0. The van der Waals surface area contributed by atoms with Crippen LogP contribution in [0.2, 0.25) is 0 Å². The Morgan fingerprint density at radius 1 is 1.31 bits per heavy atom. The van der Waals surface area contributed by atoms with Crippen molar-refractivity contribution in [2.75, 3.05) is 33.3 Å². The zero-order chi connectivity index (χ0) is 9.47. The van der Waals surface area contributed by atoms with Crippen molar-refractivity contribution < 1.29 is 14.1 Å². The highest BCUT2D eigenvalue weighted by Gasteiger charge is 2.49. The molecule has 0 aromatic rings. The number of carbonyl (C=O) groups excluding carboxylic acids is 1. The van der Waals surface area contributed by atoms with Gasteiger partial charge in [-0.2, -0.15) is 0 Å². The smallest absolute Gasteiger partial charge is 0.414 e. The number of carbonyl (C=O) groups is 1. The number of ether oxygens (including phenoxy) is 1. The van der Waals surface area contributed by atoms with E-state index in [1.54, 1.807) is 9.34 Å². The van der Waals surface area contributed by atoms with E-state index in [4.69, 9.17) is 0 Å². The molecular formula is C6H12N3O3P. The number of hydrogen-bond acceptors (Lipinski definition) is 3. The highest BCUT2D eigenvalue weighted by atomic mass is 31.2. The molecule has 6 nitrogen and oxygen atoms in total. The molecule has 74 valence electrons. The van der Waals surface area contributed by atoms with Crippen LogP contribution in [-0.4, -0.2) is 48.7 Å². The Bertz CT molecular complexity index is 258. The van der Waals surface area contributed by atoms with Gasteiger partial charge >= 0.3 is 13.7 Å². The summed E-state index contributed by atoms with van der Waals surface area (Å²) in [6, 6.07) is 0. The lowest BCUT2D eigenvalue weighted by Gasteiger charge is -2.19. The average Bonchev–Trinajstić information content (AvgIpc) is 2.89. The first-order valence-corrected chi connectivity index (χ1v) is 5.75. The standard InChI is InChI=1S/C6H12N3O3P/c1-12-6(10)7-13(11,8-2-3-8)9-4-5-9/h2-5H2,1H3,(H,7,10,11). The van der Waals surface area contributed by atoms with Gasteiger partial charge in [0.1, 0.15) is 0 Å². The van der Waals surface area contributed by atoms with Crippen molar-refractivity contribution in [2.24, 2.45) is 0 Å². The van der Waals surface area contributed by atoms with Crippen LogP contribution >= 0.6 is 7.59 Å². The van der Waals surface area contributed by atoms with Crippen molar-refractivity contribution in [1.82, 2.24) is 14.4 Å². The fourth-order valence-electron chi connectivity index (χ4n) is 1.12. The Kier molecular flexibility index (Phi) is 2.06. The Morgan fingerprint density at radius 3 is 2.08 bits per heavy atom. The van der Waals surface area contributed by atoms with Gasteiger partial charge < -0.3 is 4.74 Å². The molecule has 2 saturated heterocycles. The van der Waals surface area contributed by atoms with E-state index in [1.807, 2.05) is 0 Å². The number of hydrogen-bond donors (Lipinski definition) is 1. The van der Waals surface area contributed by atoms with Gasteiger partial charge in [0.05, 0.1) is 7.11 Å². The van der Waals surface area contributed by atoms with E-state index in [9.17, 15) is 9.36 Å². The number of rotatable bonds is 3. The molecule has 0 radical (unpaired) electrons. The predicted molar refractivity (Wildman–Crippen MR) is 46.3 cm³/mol. The highest BCUT2D eigenvalue weighted by Crippen LogP contribution is 2.56. The van der Waals surface area contributed by atoms with Gasteiger partial charge in [-0.3, -0.25) is 4.57 Å². The molecule has 1 amide bonds. The van der Waals surface area contributed by atoms with E-state index in [0.717, 1.165) is 26.2 Å². The van der Waals surface area contributed by atoms with Crippen LogP contribution in [0, 0.1) is 0 Å². The van der Waals surface area contributed by atoms with Crippen molar-refractivity contribution in [2.45, 2.75) is 0 Å². The maximum absolute atomic E-state index is 12.1. The molecule has 2 aliphatic heterocycles. The zero-order valence-electron chi connectivity index (χ0n) is 7.39. The molecule has 0 bridgehead atoms. The topological polar surface area (TPSA) is 61.4 Å². The molecule has 0 spiro atoms. The summed E-state index contributed by atoms with van der Waals surface area (Å²) in [5.41, 5.74) is 0. The van der Waals surface area contributed by atoms with Crippen LogP contribution in [0.25, 0.3) is 0 Å². The molecule has 7 heteroatoms. The minimum Gasteiger partial charge on any atom is -0.453 e. The fourth-order valence-corrected chi connectivity index (χ4v) is 3.35. The minimum absolute atomic E-state index is 0.623. The Labute approximate surface area is 76.4 Å². The monoisotopic (exact) mass is 205 g/mol. The number of methoxy groups -OCH3 is 1. The van der Waals surface area contributed by atoms with E-state index in [0.29, 0.717) is 0 Å². The van der Waals surface area contributed by atoms with Gasteiger partial charge in [0.25, 0.3) is 0 Å². The van der Waals surface area contributed by atoms with E-state index in [1.165, 1.54) is 7.11 Å². The van der Waals surface area contributed by atoms with Crippen LogP contribution < -0.4 is 5.09 Å². The van der Waals surface area contributed by atoms with E-state index >= 15 is 0 Å². The molecule has 2 aliphatic rings. The van der Waals surface area contributed by atoms with Crippen molar-refractivity contribution >= 4 is 13.7 Å². The van der Waals surface area contributed by atoms with Gasteiger partial charge in [-0.15, -0.1) is 0 Å². The molecule has 13 heavy (non-hydrogen) atoms. The lowest BCUT2D eigenvalue weighted by molar-refractivity contribution is 0.176. The van der Waals surface area contributed by atoms with Gasteiger partial charge in [-0.1, -0.05) is 0 Å². The van der Waals surface area contributed by atoms with Crippen LogP contribution in [0.15, 0.2) is 0 Å². The molecule has 0 aliphatic carbocycles. The molecule has 0 saturated carbocycles. The van der Waals surface area contributed by atoms with Crippen LogP contribution in [0.3, 0.4) is 0 Å². The van der Waals surface area contributed by atoms with Gasteiger partial charge in [-0.05, 0) is 0 Å². The zero-order valence-corrected chi connectivity index (χ0v) is 8.29. The van der Waals surface area contributed by atoms with Crippen molar-refractivity contribution in [3.63, 3.8) is 0 Å². The molecular weight excluding hydrogens is 193 g/mol. The summed E-state index contributed by atoms with van der Waals surface area (Å²) in [7, 11) is -1.50. The first-order chi connectivity index (χ1) is 6.16. The van der Waals surface area contributed by atoms with E-state index < -0.39 is 13.7 Å². The summed E-state index contributed by atoms with van der Waals surface area (Å²) in [4.78, 5) is 10.9. The lowest BCUT2D eigenvalue weighted by Crippen LogP contribution is -2.27. The van der Waals surface area contributed by atoms with Gasteiger partial charge in [0, 0.05) is 26.2 Å². The predicted octanol–water partition coefficient (Wildman–Crippen LogP) is 0.0817. The normalized spacial score (nSPS) is 22.5. The first-order valence-electron chi connectivity index (χ1n) is 4.14. The maximum atomic E-state index is 12.1. The quantitative estimate of drug-likeness (QED) is 0.522. The maximum Gasteiger partial charge on any atom is 0.414 e.